The monoisotopic (exact) mass is 387 g/mol. The molecule has 1 amide bonds. The zero-order chi connectivity index (χ0) is 20.1. The summed E-state index contributed by atoms with van der Waals surface area (Å²) in [5.41, 5.74) is 0.946. The number of carbonyl (C=O) groups is 1. The fourth-order valence-electron chi connectivity index (χ4n) is 3.05. The summed E-state index contributed by atoms with van der Waals surface area (Å²) in [6.07, 6.45) is 0.124. The first-order chi connectivity index (χ1) is 13.4. The number of rotatable bonds is 6. The van der Waals surface area contributed by atoms with Gasteiger partial charge in [0.25, 0.3) is 5.91 Å². The van der Waals surface area contributed by atoms with Gasteiger partial charge in [-0.3, -0.25) is 4.79 Å². The minimum absolute atomic E-state index is 0.159. The van der Waals surface area contributed by atoms with Crippen LogP contribution in [0.1, 0.15) is 38.8 Å². The second kappa shape index (κ2) is 8.95. The van der Waals surface area contributed by atoms with E-state index in [9.17, 15) is 9.18 Å². The van der Waals surface area contributed by atoms with Crippen LogP contribution in [0.5, 0.6) is 17.2 Å². The van der Waals surface area contributed by atoms with Crippen molar-refractivity contribution >= 4 is 5.91 Å². The molecule has 2 aromatic carbocycles. The maximum atomic E-state index is 13.0. The zero-order valence-electron chi connectivity index (χ0n) is 16.4. The lowest BCUT2D eigenvalue weighted by molar-refractivity contribution is -0.128. The van der Waals surface area contributed by atoms with Crippen molar-refractivity contribution in [3.05, 3.63) is 53.8 Å². The number of hydrogen-bond donors (Lipinski definition) is 1. The zero-order valence-corrected chi connectivity index (χ0v) is 16.4. The third-order valence-electron chi connectivity index (χ3n) is 4.59. The third-order valence-corrected chi connectivity index (χ3v) is 4.59. The Kier molecular flexibility index (Phi) is 6.39. The SMILES string of the molecule is CC(Oc1ccc(F)cc1)C(=O)NC(c1ccc2c(c1)OCCCO2)C(C)C. The summed E-state index contributed by atoms with van der Waals surface area (Å²) < 4.78 is 30.1. The average molecular weight is 387 g/mol. The van der Waals surface area contributed by atoms with Crippen molar-refractivity contribution in [2.45, 2.75) is 39.3 Å². The molecule has 1 N–H and O–H groups in total. The smallest absolute Gasteiger partial charge is 0.261 e. The Labute approximate surface area is 164 Å². The van der Waals surface area contributed by atoms with Crippen LogP contribution < -0.4 is 19.5 Å². The number of nitrogens with one attached hydrogen (secondary N) is 1. The van der Waals surface area contributed by atoms with Crippen molar-refractivity contribution in [2.75, 3.05) is 13.2 Å². The van der Waals surface area contributed by atoms with Crippen molar-refractivity contribution in [1.82, 2.24) is 5.32 Å². The Hall–Kier alpha value is -2.76. The van der Waals surface area contributed by atoms with Gasteiger partial charge in [0.05, 0.1) is 19.3 Å². The molecule has 0 aliphatic carbocycles. The summed E-state index contributed by atoms with van der Waals surface area (Å²) in [7, 11) is 0. The highest BCUT2D eigenvalue weighted by Crippen LogP contribution is 2.34. The molecular formula is C22H26FNO4. The highest BCUT2D eigenvalue weighted by molar-refractivity contribution is 5.81. The van der Waals surface area contributed by atoms with Crippen molar-refractivity contribution in [1.29, 1.82) is 0 Å². The Balaban J connectivity index is 1.71. The van der Waals surface area contributed by atoms with E-state index in [0.717, 1.165) is 17.7 Å². The summed E-state index contributed by atoms with van der Waals surface area (Å²) in [4.78, 5) is 12.7. The number of halogens is 1. The summed E-state index contributed by atoms with van der Waals surface area (Å²) in [6.45, 7) is 7.00. The van der Waals surface area contributed by atoms with Crippen LogP contribution >= 0.6 is 0 Å². The quantitative estimate of drug-likeness (QED) is 0.804. The topological polar surface area (TPSA) is 56.8 Å². The Morgan fingerprint density at radius 3 is 2.39 bits per heavy atom. The van der Waals surface area contributed by atoms with Gasteiger partial charge in [-0.2, -0.15) is 0 Å². The van der Waals surface area contributed by atoms with E-state index in [4.69, 9.17) is 14.2 Å². The second-order valence-electron chi connectivity index (χ2n) is 7.20. The number of carbonyl (C=O) groups excluding carboxylic acids is 1. The Morgan fingerprint density at radius 2 is 1.71 bits per heavy atom. The third kappa shape index (κ3) is 4.94. The normalized spacial score (nSPS) is 15.5. The van der Waals surface area contributed by atoms with Gasteiger partial charge in [-0.05, 0) is 54.8 Å². The molecule has 1 aliphatic heterocycles. The standard InChI is InChI=1S/C22H26FNO4/c1-14(2)21(16-5-10-19-20(13-16)27-12-4-11-26-19)24-22(25)15(3)28-18-8-6-17(23)7-9-18/h5-10,13-15,21H,4,11-12H2,1-3H3,(H,24,25). The molecule has 0 saturated carbocycles. The molecule has 0 saturated heterocycles. The van der Waals surface area contributed by atoms with Gasteiger partial charge in [-0.1, -0.05) is 19.9 Å². The predicted octanol–water partition coefficient (Wildman–Crippen LogP) is 4.27. The van der Waals surface area contributed by atoms with Crippen molar-refractivity contribution in [3.8, 4) is 17.2 Å². The fraction of sp³-hybridized carbons (Fsp3) is 0.409. The molecule has 1 heterocycles. The predicted molar refractivity (Wildman–Crippen MR) is 104 cm³/mol. The summed E-state index contributed by atoms with van der Waals surface area (Å²) in [5.74, 6) is 1.44. The van der Waals surface area contributed by atoms with E-state index >= 15 is 0 Å². The first kappa shape index (κ1) is 20.0. The van der Waals surface area contributed by atoms with Crippen LogP contribution in [0.15, 0.2) is 42.5 Å². The van der Waals surface area contributed by atoms with E-state index in [1.807, 2.05) is 32.0 Å². The minimum Gasteiger partial charge on any atom is -0.490 e. The molecule has 5 nitrogen and oxygen atoms in total. The molecule has 28 heavy (non-hydrogen) atoms. The van der Waals surface area contributed by atoms with E-state index in [1.165, 1.54) is 24.3 Å². The molecule has 2 atom stereocenters. The first-order valence-electron chi connectivity index (χ1n) is 9.56. The average Bonchev–Trinajstić information content (AvgIpc) is 2.92. The van der Waals surface area contributed by atoms with Crippen LogP contribution in [0, 0.1) is 11.7 Å². The second-order valence-corrected chi connectivity index (χ2v) is 7.20. The van der Waals surface area contributed by atoms with Crippen molar-refractivity contribution in [3.63, 3.8) is 0 Å². The number of benzene rings is 2. The van der Waals surface area contributed by atoms with Gasteiger partial charge in [0.2, 0.25) is 0 Å². The Bertz CT molecular complexity index is 807. The largest absolute Gasteiger partial charge is 0.490 e. The molecule has 0 bridgehead atoms. The van der Waals surface area contributed by atoms with Crippen molar-refractivity contribution < 1.29 is 23.4 Å². The molecule has 0 aromatic heterocycles. The number of fused-ring (bicyclic) bond motifs is 1. The van der Waals surface area contributed by atoms with Gasteiger partial charge in [0.15, 0.2) is 17.6 Å². The highest BCUT2D eigenvalue weighted by Gasteiger charge is 2.24. The van der Waals surface area contributed by atoms with Gasteiger partial charge in [-0.15, -0.1) is 0 Å². The number of amides is 1. The van der Waals surface area contributed by atoms with E-state index in [0.29, 0.717) is 24.7 Å². The van der Waals surface area contributed by atoms with E-state index in [1.54, 1.807) is 6.92 Å². The van der Waals surface area contributed by atoms with E-state index in [-0.39, 0.29) is 23.7 Å². The van der Waals surface area contributed by atoms with Gasteiger partial charge >= 0.3 is 0 Å². The number of hydrogen-bond acceptors (Lipinski definition) is 4. The molecule has 0 spiro atoms. The molecule has 2 aromatic rings. The summed E-state index contributed by atoms with van der Waals surface area (Å²) >= 11 is 0. The lowest BCUT2D eigenvalue weighted by Gasteiger charge is -2.25. The maximum Gasteiger partial charge on any atom is 0.261 e. The number of ether oxygens (including phenoxy) is 3. The molecule has 6 heteroatoms. The lowest BCUT2D eigenvalue weighted by Crippen LogP contribution is -2.40. The summed E-state index contributed by atoms with van der Waals surface area (Å²) in [5, 5.41) is 3.05. The van der Waals surface area contributed by atoms with E-state index < -0.39 is 6.10 Å². The molecule has 150 valence electrons. The lowest BCUT2D eigenvalue weighted by atomic mass is 9.95. The molecule has 2 unspecified atom stereocenters. The van der Waals surface area contributed by atoms with Gasteiger partial charge in [0, 0.05) is 6.42 Å². The van der Waals surface area contributed by atoms with E-state index in [2.05, 4.69) is 5.32 Å². The molecule has 3 rings (SSSR count). The van der Waals surface area contributed by atoms with Crippen LogP contribution in [-0.2, 0) is 4.79 Å². The van der Waals surface area contributed by atoms with Crippen LogP contribution in [0.3, 0.4) is 0 Å². The molecular weight excluding hydrogens is 361 g/mol. The Morgan fingerprint density at radius 1 is 1.04 bits per heavy atom. The van der Waals surface area contributed by atoms with Crippen LogP contribution in [0.4, 0.5) is 4.39 Å². The summed E-state index contributed by atoms with van der Waals surface area (Å²) in [6, 6.07) is 11.2. The van der Waals surface area contributed by atoms with Gasteiger partial charge < -0.3 is 19.5 Å². The van der Waals surface area contributed by atoms with Crippen molar-refractivity contribution in [2.24, 2.45) is 5.92 Å². The minimum atomic E-state index is -0.716. The maximum absolute atomic E-state index is 13.0. The fourth-order valence-corrected chi connectivity index (χ4v) is 3.05. The van der Waals surface area contributed by atoms with Gasteiger partial charge in [-0.25, -0.2) is 4.39 Å². The molecule has 0 fully saturated rings. The van der Waals surface area contributed by atoms with Crippen LogP contribution in [-0.4, -0.2) is 25.2 Å². The van der Waals surface area contributed by atoms with Crippen LogP contribution in [0.25, 0.3) is 0 Å². The van der Waals surface area contributed by atoms with Gasteiger partial charge in [0.1, 0.15) is 11.6 Å². The first-order valence-corrected chi connectivity index (χ1v) is 9.56. The highest BCUT2D eigenvalue weighted by atomic mass is 19.1. The van der Waals surface area contributed by atoms with Crippen LogP contribution in [0.2, 0.25) is 0 Å². The molecule has 0 radical (unpaired) electrons. The molecule has 1 aliphatic rings.